The number of rotatable bonds is 6. The molecule has 0 radical (unpaired) electrons. The van der Waals surface area contributed by atoms with Crippen LogP contribution in [0.3, 0.4) is 0 Å². The largest absolute Gasteiger partial charge is 0.573 e. The Labute approximate surface area is 169 Å². The van der Waals surface area contributed by atoms with Gasteiger partial charge >= 0.3 is 6.36 Å². The molecule has 0 bridgehead atoms. The summed E-state index contributed by atoms with van der Waals surface area (Å²) in [6.07, 6.45) is 0.622. The molecule has 0 saturated heterocycles. The van der Waals surface area contributed by atoms with E-state index < -0.39 is 14.7 Å². The number of alkyl halides is 3. The minimum atomic E-state index is -4.71. The maximum atomic E-state index is 12.2. The Morgan fingerprint density at radius 3 is 2.17 bits per heavy atom. The first-order valence-corrected chi connectivity index (χ1v) is 12.5. The molecule has 9 heteroatoms. The van der Waals surface area contributed by atoms with Crippen LogP contribution in [-0.4, -0.2) is 36.7 Å². The molecule has 3 rings (SSSR count). The summed E-state index contributed by atoms with van der Waals surface area (Å²) in [7, 11) is -1.77. The van der Waals surface area contributed by atoms with Crippen molar-refractivity contribution in [2.45, 2.75) is 70.3 Å². The topological polar surface area (TPSA) is 45.5 Å². The van der Waals surface area contributed by atoms with Crippen molar-refractivity contribution in [2.24, 2.45) is 0 Å². The van der Waals surface area contributed by atoms with E-state index in [0.29, 0.717) is 11.4 Å². The van der Waals surface area contributed by atoms with Gasteiger partial charge < -0.3 is 13.9 Å². The molecule has 29 heavy (non-hydrogen) atoms. The highest BCUT2D eigenvalue weighted by Gasteiger charge is 2.43. The molecular weight excluding hydrogens is 401 g/mol. The van der Waals surface area contributed by atoms with Gasteiger partial charge in [-0.25, -0.2) is 4.68 Å². The zero-order valence-corrected chi connectivity index (χ0v) is 18.3. The maximum Gasteiger partial charge on any atom is 0.573 e. The minimum Gasteiger partial charge on any atom is -0.487 e. The van der Waals surface area contributed by atoms with Crippen molar-refractivity contribution in [1.29, 1.82) is 0 Å². The Kier molecular flexibility index (Phi) is 5.75. The van der Waals surface area contributed by atoms with Crippen molar-refractivity contribution in [3.63, 3.8) is 0 Å². The summed E-state index contributed by atoms with van der Waals surface area (Å²) in [4.78, 5) is 0. The minimum absolute atomic E-state index is 0.0879. The van der Waals surface area contributed by atoms with Crippen molar-refractivity contribution < 1.29 is 27.1 Å². The lowest BCUT2D eigenvalue weighted by Gasteiger charge is -2.44. The average molecular weight is 429 g/mol. The Balaban J connectivity index is 1.52. The number of hydrogen-bond acceptors (Lipinski definition) is 4. The summed E-state index contributed by atoms with van der Waals surface area (Å²) in [6, 6.07) is 5.51. The summed E-state index contributed by atoms with van der Waals surface area (Å²) >= 11 is 0. The van der Waals surface area contributed by atoms with Gasteiger partial charge in [0.05, 0.1) is 24.2 Å². The van der Waals surface area contributed by atoms with Crippen molar-refractivity contribution in [3.05, 3.63) is 36.7 Å². The molecule has 0 unspecified atom stereocenters. The predicted molar refractivity (Wildman–Crippen MR) is 106 cm³/mol. The zero-order valence-electron chi connectivity index (χ0n) is 17.3. The number of nitrogens with zero attached hydrogens (tertiary/aromatic N) is 2. The van der Waals surface area contributed by atoms with Gasteiger partial charge in [-0.1, -0.05) is 20.8 Å². The van der Waals surface area contributed by atoms with E-state index in [9.17, 15) is 13.2 Å². The van der Waals surface area contributed by atoms with Crippen LogP contribution in [0.5, 0.6) is 11.5 Å². The smallest absolute Gasteiger partial charge is 0.487 e. The van der Waals surface area contributed by atoms with Crippen LogP contribution >= 0.6 is 0 Å². The van der Waals surface area contributed by atoms with Gasteiger partial charge in [0.1, 0.15) is 11.9 Å². The van der Waals surface area contributed by atoms with E-state index in [0.717, 1.165) is 12.8 Å². The molecule has 1 saturated carbocycles. The van der Waals surface area contributed by atoms with Crippen molar-refractivity contribution in [1.82, 2.24) is 9.78 Å². The summed E-state index contributed by atoms with van der Waals surface area (Å²) in [5.41, 5.74) is 0.613. The lowest BCUT2D eigenvalue weighted by molar-refractivity contribution is -0.274. The molecule has 0 aliphatic heterocycles. The van der Waals surface area contributed by atoms with Crippen LogP contribution in [0.1, 0.15) is 33.6 Å². The van der Waals surface area contributed by atoms with E-state index >= 15 is 0 Å². The lowest BCUT2D eigenvalue weighted by Crippen LogP contribution is -2.50. The van der Waals surface area contributed by atoms with E-state index in [-0.39, 0.29) is 23.0 Å². The van der Waals surface area contributed by atoms with Gasteiger partial charge in [-0.2, -0.15) is 5.10 Å². The molecule has 1 fully saturated rings. The fourth-order valence-electron chi connectivity index (χ4n) is 2.80. The molecule has 1 heterocycles. The maximum absolute atomic E-state index is 12.2. The summed E-state index contributed by atoms with van der Waals surface area (Å²) in [5, 5.41) is 4.40. The third-order valence-corrected chi connectivity index (χ3v) is 10.1. The van der Waals surface area contributed by atoms with E-state index in [1.807, 2.05) is 0 Å². The van der Waals surface area contributed by atoms with Crippen LogP contribution in [0.15, 0.2) is 36.7 Å². The van der Waals surface area contributed by atoms with Gasteiger partial charge in [-0.05, 0) is 42.4 Å². The molecule has 0 atom stereocenters. The first kappa shape index (κ1) is 21.7. The van der Waals surface area contributed by atoms with Gasteiger partial charge in [0, 0.05) is 12.8 Å². The number of aromatic nitrogens is 2. The third-order valence-electron chi connectivity index (χ3n) is 5.52. The van der Waals surface area contributed by atoms with Crippen LogP contribution in [0, 0.1) is 0 Å². The van der Waals surface area contributed by atoms with Crippen molar-refractivity contribution >= 4 is 8.32 Å². The Morgan fingerprint density at radius 1 is 1.00 bits per heavy atom. The number of benzene rings is 1. The van der Waals surface area contributed by atoms with E-state index in [1.54, 1.807) is 17.1 Å². The first-order chi connectivity index (χ1) is 13.3. The molecule has 1 aromatic heterocycles. The molecule has 0 N–H and O–H groups in total. The summed E-state index contributed by atoms with van der Waals surface area (Å²) in [5.74, 6) is 0.350. The molecule has 160 valence electrons. The second kappa shape index (κ2) is 7.68. The van der Waals surface area contributed by atoms with Crippen LogP contribution in [0.2, 0.25) is 18.1 Å². The molecule has 1 aliphatic rings. The molecule has 1 aliphatic carbocycles. The van der Waals surface area contributed by atoms with Gasteiger partial charge in [-0.15, -0.1) is 13.2 Å². The van der Waals surface area contributed by atoms with Crippen LogP contribution in [-0.2, 0) is 4.43 Å². The van der Waals surface area contributed by atoms with E-state index in [4.69, 9.17) is 9.16 Å². The number of ether oxygens (including phenoxy) is 2. The highest BCUT2D eigenvalue weighted by atomic mass is 28.4. The highest BCUT2D eigenvalue weighted by Crippen LogP contribution is 2.40. The van der Waals surface area contributed by atoms with Crippen molar-refractivity contribution in [2.75, 3.05) is 0 Å². The second-order valence-corrected chi connectivity index (χ2v) is 13.6. The number of halogens is 3. The highest BCUT2D eigenvalue weighted by molar-refractivity contribution is 6.74. The Bertz CT molecular complexity index is 823. The van der Waals surface area contributed by atoms with Crippen LogP contribution < -0.4 is 9.47 Å². The van der Waals surface area contributed by atoms with E-state index in [2.05, 4.69) is 43.7 Å². The first-order valence-electron chi connectivity index (χ1n) is 9.58. The molecule has 0 spiro atoms. The molecule has 5 nitrogen and oxygen atoms in total. The monoisotopic (exact) mass is 428 g/mol. The predicted octanol–water partition coefficient (Wildman–Crippen LogP) is 5.70. The van der Waals surface area contributed by atoms with Gasteiger partial charge in [-0.3, -0.25) is 0 Å². The van der Waals surface area contributed by atoms with Crippen molar-refractivity contribution in [3.8, 4) is 17.2 Å². The van der Waals surface area contributed by atoms with Crippen LogP contribution in [0.4, 0.5) is 13.2 Å². The normalized spacial score (nSPS) is 20.3. The third kappa shape index (κ3) is 5.54. The molecule has 1 aromatic carbocycles. The molecule has 2 aromatic rings. The fraction of sp³-hybridized carbons (Fsp3) is 0.550. The fourth-order valence-corrected chi connectivity index (χ4v) is 4.18. The van der Waals surface area contributed by atoms with Crippen LogP contribution in [0.25, 0.3) is 5.69 Å². The Hall–Kier alpha value is -2.00. The quantitative estimate of drug-likeness (QED) is 0.554. The Morgan fingerprint density at radius 2 is 1.62 bits per heavy atom. The van der Waals surface area contributed by atoms with E-state index in [1.165, 1.54) is 24.3 Å². The second-order valence-electron chi connectivity index (χ2n) is 8.87. The summed E-state index contributed by atoms with van der Waals surface area (Å²) in [6.45, 7) is 11.2. The lowest BCUT2D eigenvalue weighted by atomic mass is 9.92. The van der Waals surface area contributed by atoms with Gasteiger partial charge in [0.25, 0.3) is 0 Å². The average Bonchev–Trinajstić information content (AvgIpc) is 2.99. The zero-order chi connectivity index (χ0) is 21.4. The number of hydrogen-bond donors (Lipinski definition) is 0. The SMILES string of the molecule is CC(C)(C)[Si](C)(C)O[C@H]1C[C@@H](Oc2cnn(-c3ccc(OC(F)(F)F)cc3)c2)C1. The van der Waals surface area contributed by atoms with Gasteiger partial charge in [0.15, 0.2) is 14.1 Å². The standard InChI is InChI=1S/C20H27F3N2O3Si/c1-19(2,3)29(4,5)28-17-10-16(11-17)26-18-12-24-25(13-18)14-6-8-15(9-7-14)27-20(21,22)23/h6-9,12-13,16-17H,10-11H2,1-5H3/t16-,17+. The van der Waals surface area contributed by atoms with Gasteiger partial charge in [0.2, 0.25) is 0 Å². The molecular formula is C20H27F3N2O3Si. The molecule has 0 amide bonds. The summed E-state index contributed by atoms with van der Waals surface area (Å²) < 4.78 is 54.5.